The van der Waals surface area contributed by atoms with Crippen LogP contribution in [0.1, 0.15) is 21.7 Å². The molecule has 1 aliphatic heterocycles. The van der Waals surface area contributed by atoms with Gasteiger partial charge in [0.2, 0.25) is 5.78 Å². The van der Waals surface area contributed by atoms with E-state index in [1.807, 2.05) is 0 Å². The number of ketones is 1. The van der Waals surface area contributed by atoms with E-state index >= 15 is 0 Å². The topological polar surface area (TPSA) is 35.5 Å². The molecule has 0 saturated heterocycles. The van der Waals surface area contributed by atoms with Crippen molar-refractivity contribution in [2.45, 2.75) is 6.42 Å². The standard InChI is InChI=1S/C14H9Br2ClO3S/c15-8-5-12(21-14(8)16)13(18)7-4-10-11(6-9(7)17)20-3-1-2-19-10/h4-6H,1-3H2. The third-order valence-electron chi connectivity index (χ3n) is 2.95. The Morgan fingerprint density at radius 1 is 1.14 bits per heavy atom. The molecule has 0 saturated carbocycles. The van der Waals surface area contributed by atoms with Gasteiger partial charge in [-0.25, -0.2) is 0 Å². The molecule has 0 atom stereocenters. The van der Waals surface area contributed by atoms with E-state index in [1.165, 1.54) is 11.3 Å². The first-order chi connectivity index (χ1) is 10.1. The molecule has 0 unspecified atom stereocenters. The molecule has 1 aromatic carbocycles. The Bertz CT molecular complexity index is 695. The maximum atomic E-state index is 12.6. The van der Waals surface area contributed by atoms with Gasteiger partial charge in [0, 0.05) is 22.5 Å². The van der Waals surface area contributed by atoms with Crippen LogP contribution in [0.4, 0.5) is 0 Å². The number of carbonyl (C=O) groups is 1. The molecule has 3 nitrogen and oxygen atoms in total. The first-order valence-electron chi connectivity index (χ1n) is 6.15. The number of rotatable bonds is 2. The maximum Gasteiger partial charge on any atom is 0.204 e. The van der Waals surface area contributed by atoms with Gasteiger partial charge in [-0.3, -0.25) is 4.79 Å². The fourth-order valence-electron chi connectivity index (χ4n) is 1.95. The van der Waals surface area contributed by atoms with E-state index in [4.69, 9.17) is 21.1 Å². The fourth-order valence-corrected chi connectivity index (χ4v) is 4.18. The van der Waals surface area contributed by atoms with Crippen molar-refractivity contribution < 1.29 is 14.3 Å². The van der Waals surface area contributed by atoms with Crippen LogP contribution in [0.3, 0.4) is 0 Å². The van der Waals surface area contributed by atoms with Crippen LogP contribution in [0.5, 0.6) is 11.5 Å². The van der Waals surface area contributed by atoms with Gasteiger partial charge in [-0.2, -0.15) is 0 Å². The molecule has 0 radical (unpaired) electrons. The maximum absolute atomic E-state index is 12.6. The molecule has 110 valence electrons. The van der Waals surface area contributed by atoms with E-state index in [-0.39, 0.29) is 5.78 Å². The number of carbonyl (C=O) groups excluding carboxylic acids is 1. The van der Waals surface area contributed by atoms with Crippen molar-refractivity contribution in [1.29, 1.82) is 0 Å². The summed E-state index contributed by atoms with van der Waals surface area (Å²) < 4.78 is 12.9. The van der Waals surface area contributed by atoms with Crippen LogP contribution >= 0.6 is 54.8 Å². The number of hydrogen-bond donors (Lipinski definition) is 0. The molecule has 7 heteroatoms. The minimum atomic E-state index is -0.132. The highest BCUT2D eigenvalue weighted by molar-refractivity contribution is 9.13. The van der Waals surface area contributed by atoms with E-state index in [9.17, 15) is 4.79 Å². The number of hydrogen-bond acceptors (Lipinski definition) is 4. The Labute approximate surface area is 147 Å². The predicted molar refractivity (Wildman–Crippen MR) is 90.2 cm³/mol. The number of benzene rings is 1. The Morgan fingerprint density at radius 3 is 2.43 bits per heavy atom. The van der Waals surface area contributed by atoms with Gasteiger partial charge < -0.3 is 9.47 Å². The van der Waals surface area contributed by atoms with Gasteiger partial charge in [-0.15, -0.1) is 11.3 Å². The summed E-state index contributed by atoms with van der Waals surface area (Å²) >= 11 is 14.4. The van der Waals surface area contributed by atoms with Crippen LogP contribution < -0.4 is 9.47 Å². The molecular formula is C14H9Br2ClO3S. The van der Waals surface area contributed by atoms with Gasteiger partial charge in [-0.1, -0.05) is 11.6 Å². The zero-order valence-corrected chi connectivity index (χ0v) is 15.4. The molecule has 21 heavy (non-hydrogen) atoms. The van der Waals surface area contributed by atoms with Gasteiger partial charge in [0.25, 0.3) is 0 Å². The Hall–Kier alpha value is -0.560. The summed E-state index contributed by atoms with van der Waals surface area (Å²) in [5, 5.41) is 0.366. The molecule has 0 N–H and O–H groups in total. The van der Waals surface area contributed by atoms with E-state index in [0.29, 0.717) is 40.2 Å². The predicted octanol–water partition coefficient (Wildman–Crippen LogP) is 5.32. The lowest BCUT2D eigenvalue weighted by atomic mass is 10.1. The molecule has 1 aliphatic rings. The van der Waals surface area contributed by atoms with E-state index in [1.54, 1.807) is 18.2 Å². The molecule has 0 amide bonds. The van der Waals surface area contributed by atoms with Crippen LogP contribution in [0.2, 0.25) is 5.02 Å². The summed E-state index contributed by atoms with van der Waals surface area (Å²) in [6.45, 7) is 1.15. The SMILES string of the molecule is O=C(c1cc(Br)c(Br)s1)c1cc2c(cc1Cl)OCCCO2. The molecule has 1 aromatic heterocycles. The second kappa shape index (κ2) is 6.28. The Balaban J connectivity index is 2.02. The molecular weight excluding hydrogens is 443 g/mol. The quantitative estimate of drug-likeness (QED) is 0.579. The van der Waals surface area contributed by atoms with Gasteiger partial charge >= 0.3 is 0 Å². The van der Waals surface area contributed by atoms with Crippen LogP contribution in [0, 0.1) is 0 Å². The highest BCUT2D eigenvalue weighted by Gasteiger charge is 2.21. The van der Waals surface area contributed by atoms with Gasteiger partial charge in [0.15, 0.2) is 11.5 Å². The molecule has 2 heterocycles. The van der Waals surface area contributed by atoms with Crippen molar-refractivity contribution in [3.8, 4) is 11.5 Å². The van der Waals surface area contributed by atoms with Crippen molar-refractivity contribution in [3.63, 3.8) is 0 Å². The van der Waals surface area contributed by atoms with Gasteiger partial charge in [0.1, 0.15) is 0 Å². The second-order valence-electron chi connectivity index (χ2n) is 4.39. The lowest BCUT2D eigenvalue weighted by Crippen LogP contribution is -2.02. The average Bonchev–Trinajstić information content (AvgIpc) is 2.66. The lowest BCUT2D eigenvalue weighted by Gasteiger charge is -2.10. The van der Waals surface area contributed by atoms with Crippen molar-refractivity contribution in [3.05, 3.63) is 41.9 Å². The van der Waals surface area contributed by atoms with Crippen molar-refractivity contribution in [2.75, 3.05) is 13.2 Å². The highest BCUT2D eigenvalue weighted by atomic mass is 79.9. The average molecular weight is 453 g/mol. The Kier molecular flexibility index (Phi) is 4.59. The Morgan fingerprint density at radius 2 is 1.81 bits per heavy atom. The van der Waals surface area contributed by atoms with E-state index in [0.717, 1.165) is 14.7 Å². The number of thiophene rings is 1. The van der Waals surface area contributed by atoms with E-state index < -0.39 is 0 Å². The smallest absolute Gasteiger partial charge is 0.204 e. The van der Waals surface area contributed by atoms with Crippen LogP contribution in [-0.4, -0.2) is 19.0 Å². The molecule has 3 rings (SSSR count). The summed E-state index contributed by atoms with van der Waals surface area (Å²) in [7, 11) is 0. The van der Waals surface area contributed by atoms with Crippen molar-refractivity contribution >= 4 is 60.6 Å². The van der Waals surface area contributed by atoms with Crippen molar-refractivity contribution in [1.82, 2.24) is 0 Å². The molecule has 0 fully saturated rings. The molecule has 0 bridgehead atoms. The van der Waals surface area contributed by atoms with Crippen LogP contribution in [0.15, 0.2) is 26.5 Å². The van der Waals surface area contributed by atoms with Crippen LogP contribution in [-0.2, 0) is 0 Å². The second-order valence-corrected chi connectivity index (χ2v) is 8.02. The summed E-state index contributed by atoms with van der Waals surface area (Å²) in [6, 6.07) is 5.08. The van der Waals surface area contributed by atoms with Crippen molar-refractivity contribution in [2.24, 2.45) is 0 Å². The summed E-state index contributed by atoms with van der Waals surface area (Å²) in [5.41, 5.74) is 0.419. The number of halogens is 3. The molecule has 0 spiro atoms. The fraction of sp³-hybridized carbons (Fsp3) is 0.214. The van der Waals surface area contributed by atoms with Crippen LogP contribution in [0.25, 0.3) is 0 Å². The third-order valence-corrected chi connectivity index (χ3v) is 6.52. The van der Waals surface area contributed by atoms with Gasteiger partial charge in [-0.05, 0) is 44.0 Å². The summed E-state index contributed by atoms with van der Waals surface area (Å²) in [5.74, 6) is 1.02. The molecule has 0 aliphatic carbocycles. The minimum Gasteiger partial charge on any atom is -0.490 e. The summed E-state index contributed by atoms with van der Waals surface area (Å²) in [6.07, 6.45) is 0.806. The largest absolute Gasteiger partial charge is 0.490 e. The number of fused-ring (bicyclic) bond motifs is 1. The third kappa shape index (κ3) is 3.13. The monoisotopic (exact) mass is 450 g/mol. The summed E-state index contributed by atoms with van der Waals surface area (Å²) in [4.78, 5) is 13.2. The first kappa shape index (κ1) is 15.3. The highest BCUT2D eigenvalue weighted by Crippen LogP contribution is 2.38. The first-order valence-corrected chi connectivity index (χ1v) is 8.93. The van der Waals surface area contributed by atoms with E-state index in [2.05, 4.69) is 31.9 Å². The minimum absolute atomic E-state index is 0.132. The number of ether oxygens (including phenoxy) is 2. The zero-order valence-electron chi connectivity index (χ0n) is 10.6. The van der Waals surface area contributed by atoms with Gasteiger partial charge in [0.05, 0.1) is 26.9 Å². The zero-order chi connectivity index (χ0) is 15.0. The normalized spacial score (nSPS) is 13.9. The lowest BCUT2D eigenvalue weighted by molar-refractivity contribution is 0.104. The molecule has 2 aromatic rings.